The fourth-order valence-electron chi connectivity index (χ4n) is 4.40. The van der Waals surface area contributed by atoms with Gasteiger partial charge in [0.05, 0.1) is 11.3 Å². The molecule has 2 fully saturated rings. The van der Waals surface area contributed by atoms with Gasteiger partial charge in [-0.2, -0.15) is 5.10 Å². The summed E-state index contributed by atoms with van der Waals surface area (Å²) in [5.41, 5.74) is 1.56. The van der Waals surface area contributed by atoms with Crippen molar-refractivity contribution in [2.24, 2.45) is 0 Å². The van der Waals surface area contributed by atoms with E-state index in [9.17, 15) is 4.79 Å². The van der Waals surface area contributed by atoms with Crippen LogP contribution < -0.4 is 0 Å². The zero-order valence-corrected chi connectivity index (χ0v) is 16.2. The summed E-state index contributed by atoms with van der Waals surface area (Å²) in [7, 11) is 4.41. The zero-order chi connectivity index (χ0) is 18.9. The lowest BCUT2D eigenvalue weighted by Crippen LogP contribution is -2.58. The van der Waals surface area contributed by atoms with Gasteiger partial charge in [0.15, 0.2) is 0 Å². The number of piperidine rings is 1. The van der Waals surface area contributed by atoms with Gasteiger partial charge in [0.1, 0.15) is 12.7 Å². The van der Waals surface area contributed by atoms with Gasteiger partial charge in [0.25, 0.3) is 5.91 Å². The molecule has 2 aromatic rings. The minimum Gasteiger partial charge on any atom is -0.337 e. The number of rotatable bonds is 2. The average molecular weight is 368 g/mol. The molecule has 1 aromatic heterocycles. The van der Waals surface area contributed by atoms with E-state index in [2.05, 4.69) is 38.9 Å². The molecule has 0 atom stereocenters. The lowest BCUT2D eigenvalue weighted by atomic mass is 9.85. The zero-order valence-electron chi connectivity index (χ0n) is 16.2. The topological polar surface area (TPSA) is 57.5 Å². The molecule has 0 bridgehead atoms. The highest BCUT2D eigenvalue weighted by Gasteiger charge is 2.41. The summed E-state index contributed by atoms with van der Waals surface area (Å²) in [4.78, 5) is 24.5. The second-order valence-electron chi connectivity index (χ2n) is 7.89. The van der Waals surface area contributed by atoms with Crippen LogP contribution in [0.2, 0.25) is 0 Å². The van der Waals surface area contributed by atoms with Crippen molar-refractivity contribution in [1.29, 1.82) is 0 Å². The fraction of sp³-hybridized carbons (Fsp3) is 0.550. The minimum atomic E-state index is 0.0842. The monoisotopic (exact) mass is 368 g/mol. The Balaban J connectivity index is 1.62. The number of carbonyl (C=O) groups excluding carboxylic acids is 1. The van der Waals surface area contributed by atoms with Crippen molar-refractivity contribution in [3.63, 3.8) is 0 Å². The molecule has 144 valence electrons. The van der Waals surface area contributed by atoms with E-state index in [0.29, 0.717) is 5.56 Å². The van der Waals surface area contributed by atoms with Gasteiger partial charge in [-0.15, -0.1) is 0 Å². The van der Waals surface area contributed by atoms with Crippen LogP contribution >= 0.6 is 0 Å². The van der Waals surface area contributed by atoms with Crippen LogP contribution in [0, 0.1) is 0 Å². The standard InChI is InChI=1S/C20H28N6O/c1-23-12-8-20(9-13-23)14-25(11-5-10-24(20)2)19(27)17-6-3-4-7-18(17)26-16-21-15-22-26/h3-4,6-7,15-16H,5,8-14H2,1-2H3. The first-order valence-corrected chi connectivity index (χ1v) is 9.72. The average Bonchev–Trinajstić information content (AvgIpc) is 3.18. The Bertz CT molecular complexity index is 782. The van der Waals surface area contributed by atoms with Crippen LogP contribution in [0.3, 0.4) is 0 Å². The number of likely N-dealkylation sites (N-methyl/N-ethyl adjacent to an activating group) is 1. The predicted octanol–water partition coefficient (Wildman–Crippen LogP) is 1.51. The molecular weight excluding hydrogens is 340 g/mol. The van der Waals surface area contributed by atoms with Crippen molar-refractivity contribution >= 4 is 5.91 Å². The molecule has 0 aliphatic carbocycles. The van der Waals surface area contributed by atoms with Crippen LogP contribution in [0.25, 0.3) is 5.69 Å². The maximum Gasteiger partial charge on any atom is 0.256 e. The minimum absolute atomic E-state index is 0.0842. The predicted molar refractivity (Wildman–Crippen MR) is 104 cm³/mol. The van der Waals surface area contributed by atoms with Crippen LogP contribution in [-0.4, -0.2) is 87.7 Å². The quantitative estimate of drug-likeness (QED) is 0.804. The summed E-state index contributed by atoms with van der Waals surface area (Å²) >= 11 is 0. The molecule has 2 saturated heterocycles. The van der Waals surface area contributed by atoms with E-state index >= 15 is 0 Å². The number of likely N-dealkylation sites (tertiary alicyclic amines) is 1. The van der Waals surface area contributed by atoms with Crippen molar-refractivity contribution in [2.45, 2.75) is 24.8 Å². The molecule has 0 saturated carbocycles. The van der Waals surface area contributed by atoms with E-state index in [1.54, 1.807) is 11.0 Å². The molecule has 4 rings (SSSR count). The highest BCUT2D eigenvalue weighted by molar-refractivity contribution is 5.97. The SMILES string of the molecule is CN1CCC2(CC1)CN(C(=O)c1ccccc1-n1cncn1)CCCN2C. The Kier molecular flexibility index (Phi) is 4.97. The number of para-hydroxylation sites is 1. The molecule has 3 heterocycles. The van der Waals surface area contributed by atoms with Crippen LogP contribution in [0.4, 0.5) is 0 Å². The Labute approximate surface area is 160 Å². The third-order valence-corrected chi connectivity index (χ3v) is 6.22. The van der Waals surface area contributed by atoms with Crippen molar-refractivity contribution in [3.8, 4) is 5.69 Å². The first-order valence-electron chi connectivity index (χ1n) is 9.72. The summed E-state index contributed by atoms with van der Waals surface area (Å²) in [6.45, 7) is 4.80. The fourth-order valence-corrected chi connectivity index (χ4v) is 4.40. The van der Waals surface area contributed by atoms with Gasteiger partial charge in [0.2, 0.25) is 0 Å². The highest BCUT2D eigenvalue weighted by Crippen LogP contribution is 2.31. The van der Waals surface area contributed by atoms with Gasteiger partial charge in [-0.25, -0.2) is 9.67 Å². The van der Waals surface area contributed by atoms with E-state index in [1.807, 2.05) is 24.3 Å². The van der Waals surface area contributed by atoms with E-state index in [-0.39, 0.29) is 11.4 Å². The third-order valence-electron chi connectivity index (χ3n) is 6.22. The molecule has 2 aliphatic rings. The van der Waals surface area contributed by atoms with E-state index in [4.69, 9.17) is 0 Å². The Morgan fingerprint density at radius 1 is 1.07 bits per heavy atom. The number of nitrogens with zero attached hydrogens (tertiary/aromatic N) is 6. The molecule has 27 heavy (non-hydrogen) atoms. The Morgan fingerprint density at radius 2 is 1.85 bits per heavy atom. The maximum absolute atomic E-state index is 13.5. The van der Waals surface area contributed by atoms with Gasteiger partial charge in [0, 0.05) is 25.2 Å². The van der Waals surface area contributed by atoms with Crippen LogP contribution in [0.15, 0.2) is 36.9 Å². The molecule has 1 spiro atoms. The molecule has 1 amide bonds. The summed E-state index contributed by atoms with van der Waals surface area (Å²) in [5, 5.41) is 4.22. The Hall–Kier alpha value is -2.25. The van der Waals surface area contributed by atoms with Gasteiger partial charge in [-0.05, 0) is 58.6 Å². The van der Waals surface area contributed by atoms with E-state index in [0.717, 1.165) is 57.7 Å². The first-order chi connectivity index (χ1) is 13.1. The van der Waals surface area contributed by atoms with Crippen molar-refractivity contribution in [3.05, 3.63) is 42.5 Å². The van der Waals surface area contributed by atoms with Crippen molar-refractivity contribution in [2.75, 3.05) is 46.8 Å². The largest absolute Gasteiger partial charge is 0.337 e. The molecule has 0 unspecified atom stereocenters. The highest BCUT2D eigenvalue weighted by atomic mass is 16.2. The number of amides is 1. The van der Waals surface area contributed by atoms with Gasteiger partial charge >= 0.3 is 0 Å². The summed E-state index contributed by atoms with van der Waals surface area (Å²) in [5.74, 6) is 0.0923. The molecule has 7 nitrogen and oxygen atoms in total. The van der Waals surface area contributed by atoms with Gasteiger partial charge < -0.3 is 9.80 Å². The number of hydrogen-bond donors (Lipinski definition) is 0. The normalized spacial score (nSPS) is 21.3. The second kappa shape index (κ2) is 7.40. The molecular formula is C20H28N6O. The summed E-state index contributed by atoms with van der Waals surface area (Å²) in [6, 6.07) is 7.68. The van der Waals surface area contributed by atoms with Crippen LogP contribution in [0.1, 0.15) is 29.6 Å². The Morgan fingerprint density at radius 3 is 2.59 bits per heavy atom. The number of benzene rings is 1. The maximum atomic E-state index is 13.5. The second-order valence-corrected chi connectivity index (χ2v) is 7.89. The van der Waals surface area contributed by atoms with E-state index < -0.39 is 0 Å². The van der Waals surface area contributed by atoms with Crippen molar-refractivity contribution in [1.82, 2.24) is 29.5 Å². The molecule has 2 aliphatic heterocycles. The van der Waals surface area contributed by atoms with Gasteiger partial charge in [-0.3, -0.25) is 9.69 Å². The third kappa shape index (κ3) is 3.49. The molecule has 0 radical (unpaired) electrons. The smallest absolute Gasteiger partial charge is 0.256 e. The summed E-state index contributed by atoms with van der Waals surface area (Å²) < 4.78 is 1.67. The lowest BCUT2D eigenvalue weighted by Gasteiger charge is -2.47. The number of hydrogen-bond acceptors (Lipinski definition) is 5. The van der Waals surface area contributed by atoms with Gasteiger partial charge in [-0.1, -0.05) is 12.1 Å². The number of carbonyl (C=O) groups is 1. The first kappa shape index (κ1) is 18.1. The summed E-state index contributed by atoms with van der Waals surface area (Å²) in [6.07, 6.45) is 6.35. The molecule has 1 aromatic carbocycles. The van der Waals surface area contributed by atoms with E-state index in [1.165, 1.54) is 6.33 Å². The van der Waals surface area contributed by atoms with Crippen LogP contribution in [-0.2, 0) is 0 Å². The van der Waals surface area contributed by atoms with Crippen LogP contribution in [0.5, 0.6) is 0 Å². The lowest BCUT2D eigenvalue weighted by molar-refractivity contribution is 0.0317. The molecule has 7 heteroatoms. The number of aromatic nitrogens is 3. The van der Waals surface area contributed by atoms with Crippen molar-refractivity contribution < 1.29 is 4.79 Å². The molecule has 0 N–H and O–H groups in total.